The molecule has 0 amide bonds. The largest absolute Gasteiger partial charge is 3.00 e. The first kappa shape index (κ1) is 18.1. The summed E-state index contributed by atoms with van der Waals surface area (Å²) in [5, 5.41) is 0. The third-order valence-electron chi connectivity index (χ3n) is 3.55. The van der Waals surface area contributed by atoms with Gasteiger partial charge in [-0.2, -0.15) is 0 Å². The van der Waals surface area contributed by atoms with E-state index in [1.54, 1.807) is 5.57 Å². The standard InChI is InChI=1S/C14H15.2HI.Ti/c1-2-6-11(5-1)14-9-12-7-3-4-8-13(12)10-14;;;/h1-5,7-9,12-14H,6,10H2;2*1H;/q-1;;;+3/p-2. The van der Waals surface area contributed by atoms with Gasteiger partial charge in [0.25, 0.3) is 0 Å². The maximum absolute atomic E-state index is 2.53. The summed E-state index contributed by atoms with van der Waals surface area (Å²) >= 11 is 0. The molecule has 17 heavy (non-hydrogen) atoms. The second-order valence-electron chi connectivity index (χ2n) is 4.42. The Morgan fingerprint density at radius 3 is 2.47 bits per heavy atom. The Balaban J connectivity index is 0.000000853. The van der Waals surface area contributed by atoms with E-state index in [0.29, 0.717) is 5.92 Å². The van der Waals surface area contributed by atoms with Crippen LogP contribution in [0.1, 0.15) is 12.8 Å². The third-order valence-corrected chi connectivity index (χ3v) is 3.55. The number of hydrogen-bond donors (Lipinski definition) is 0. The van der Waals surface area contributed by atoms with Gasteiger partial charge in [-0.3, -0.25) is 0 Å². The molecule has 3 aliphatic carbocycles. The molecule has 3 unspecified atom stereocenters. The average molecular weight is 485 g/mol. The molecule has 0 aromatic rings. The molecule has 3 rings (SSSR count). The van der Waals surface area contributed by atoms with Crippen molar-refractivity contribution in [3.05, 3.63) is 54.5 Å². The second-order valence-corrected chi connectivity index (χ2v) is 4.42. The van der Waals surface area contributed by atoms with Gasteiger partial charge in [-0.15, -0.1) is 17.9 Å². The Hall–Kier alpha value is 1.13. The predicted octanol–water partition coefficient (Wildman–Crippen LogP) is -2.54. The summed E-state index contributed by atoms with van der Waals surface area (Å²) < 4.78 is 0. The SMILES string of the molecule is C1=CCC(C2[CH-]C3C=CC=CC3C2)=C1.[I-].[I-].[Ti+3]. The molecule has 3 aliphatic rings. The molecule has 0 aromatic carbocycles. The van der Waals surface area contributed by atoms with Crippen LogP contribution in [0.3, 0.4) is 0 Å². The molecule has 0 nitrogen and oxygen atoms in total. The summed E-state index contributed by atoms with van der Waals surface area (Å²) in [4.78, 5) is 0. The van der Waals surface area contributed by atoms with Crippen LogP contribution in [0.5, 0.6) is 0 Å². The van der Waals surface area contributed by atoms with Crippen molar-refractivity contribution in [2.24, 2.45) is 17.8 Å². The minimum absolute atomic E-state index is 0. The van der Waals surface area contributed by atoms with Crippen LogP contribution in [0, 0.1) is 24.2 Å². The van der Waals surface area contributed by atoms with E-state index in [1.165, 1.54) is 12.8 Å². The molecule has 1 saturated carbocycles. The van der Waals surface area contributed by atoms with Crippen LogP contribution in [-0.2, 0) is 21.7 Å². The Kier molecular flexibility index (Phi) is 8.89. The summed E-state index contributed by atoms with van der Waals surface area (Å²) in [7, 11) is 0. The van der Waals surface area contributed by atoms with E-state index in [-0.39, 0.29) is 69.7 Å². The van der Waals surface area contributed by atoms with E-state index in [0.717, 1.165) is 11.8 Å². The van der Waals surface area contributed by atoms with Crippen molar-refractivity contribution in [1.82, 2.24) is 0 Å². The van der Waals surface area contributed by atoms with Crippen LogP contribution in [-0.4, -0.2) is 0 Å². The molecular weight excluding hydrogens is 470 g/mol. The first-order valence-electron chi connectivity index (χ1n) is 5.49. The monoisotopic (exact) mass is 485 g/mol. The summed E-state index contributed by atoms with van der Waals surface area (Å²) in [6.45, 7) is 0. The number of fused-ring (bicyclic) bond motifs is 1. The van der Waals surface area contributed by atoms with E-state index in [9.17, 15) is 0 Å². The molecule has 0 aliphatic heterocycles. The fourth-order valence-electron chi connectivity index (χ4n) is 2.77. The molecule has 0 heterocycles. The van der Waals surface area contributed by atoms with E-state index in [2.05, 4.69) is 49.0 Å². The number of halogens is 2. The Morgan fingerprint density at radius 2 is 1.82 bits per heavy atom. The molecule has 1 fully saturated rings. The van der Waals surface area contributed by atoms with Gasteiger partial charge >= 0.3 is 21.7 Å². The van der Waals surface area contributed by atoms with Gasteiger partial charge in [-0.05, 0) is 12.3 Å². The summed E-state index contributed by atoms with van der Waals surface area (Å²) in [5.41, 5.74) is 1.61. The van der Waals surface area contributed by atoms with Crippen LogP contribution in [0.2, 0.25) is 0 Å². The van der Waals surface area contributed by atoms with Gasteiger partial charge in [-0.25, -0.2) is 0 Å². The summed E-state index contributed by atoms with van der Waals surface area (Å²) in [5.74, 6) is 2.20. The smallest absolute Gasteiger partial charge is 1.00 e. The Morgan fingerprint density at radius 1 is 1.06 bits per heavy atom. The predicted molar refractivity (Wildman–Crippen MR) is 59.5 cm³/mol. The van der Waals surface area contributed by atoms with Crippen molar-refractivity contribution >= 4 is 0 Å². The minimum Gasteiger partial charge on any atom is -1.00 e. The van der Waals surface area contributed by atoms with Crippen molar-refractivity contribution in [3.63, 3.8) is 0 Å². The Labute approximate surface area is 153 Å². The van der Waals surface area contributed by atoms with Crippen LogP contribution in [0.25, 0.3) is 0 Å². The number of rotatable bonds is 1. The van der Waals surface area contributed by atoms with Gasteiger partial charge in [0.2, 0.25) is 0 Å². The molecular formula is C14H15I2Ti. The van der Waals surface area contributed by atoms with Crippen molar-refractivity contribution in [2.75, 3.05) is 0 Å². The molecule has 1 radical (unpaired) electrons. The van der Waals surface area contributed by atoms with E-state index >= 15 is 0 Å². The number of allylic oxidation sites excluding steroid dienone is 8. The van der Waals surface area contributed by atoms with Gasteiger partial charge in [0, 0.05) is 0 Å². The fourth-order valence-corrected chi connectivity index (χ4v) is 2.77. The van der Waals surface area contributed by atoms with Crippen LogP contribution >= 0.6 is 0 Å². The van der Waals surface area contributed by atoms with Crippen LogP contribution < -0.4 is 48.0 Å². The zero-order chi connectivity index (χ0) is 9.38. The average Bonchev–Trinajstić information content (AvgIpc) is 2.86. The van der Waals surface area contributed by atoms with Gasteiger partial charge in [0.15, 0.2) is 0 Å². The third kappa shape index (κ3) is 4.05. The zero-order valence-electron chi connectivity index (χ0n) is 9.52. The van der Waals surface area contributed by atoms with Crippen molar-refractivity contribution < 1.29 is 69.7 Å². The first-order valence-corrected chi connectivity index (χ1v) is 5.49. The summed E-state index contributed by atoms with van der Waals surface area (Å²) in [6.07, 6.45) is 20.9. The van der Waals surface area contributed by atoms with Gasteiger partial charge < -0.3 is 54.4 Å². The Bertz CT molecular complexity index is 335. The van der Waals surface area contributed by atoms with Crippen molar-refractivity contribution in [1.29, 1.82) is 0 Å². The topological polar surface area (TPSA) is 0 Å². The van der Waals surface area contributed by atoms with Gasteiger partial charge in [0.1, 0.15) is 0 Å². The molecule has 0 N–H and O–H groups in total. The molecule has 0 spiro atoms. The molecule has 3 atom stereocenters. The molecule has 89 valence electrons. The van der Waals surface area contributed by atoms with Crippen molar-refractivity contribution in [3.8, 4) is 0 Å². The summed E-state index contributed by atoms with van der Waals surface area (Å²) in [6, 6.07) is 0. The quantitative estimate of drug-likeness (QED) is 0.219. The maximum atomic E-state index is 2.53. The number of hydrogen-bond acceptors (Lipinski definition) is 0. The van der Waals surface area contributed by atoms with E-state index in [4.69, 9.17) is 0 Å². The first-order chi connectivity index (χ1) is 6.93. The van der Waals surface area contributed by atoms with Crippen molar-refractivity contribution in [2.45, 2.75) is 12.8 Å². The normalized spacial score (nSPS) is 32.0. The van der Waals surface area contributed by atoms with Gasteiger partial charge in [0.05, 0.1) is 0 Å². The minimum atomic E-state index is 0. The zero-order valence-corrected chi connectivity index (χ0v) is 15.4. The van der Waals surface area contributed by atoms with E-state index in [1.807, 2.05) is 0 Å². The van der Waals surface area contributed by atoms with Gasteiger partial charge in [-0.1, -0.05) is 48.5 Å². The maximum Gasteiger partial charge on any atom is 3.00 e. The van der Waals surface area contributed by atoms with Crippen LogP contribution in [0.4, 0.5) is 0 Å². The van der Waals surface area contributed by atoms with Crippen LogP contribution in [0.15, 0.2) is 48.1 Å². The molecule has 0 bridgehead atoms. The molecule has 0 aromatic heterocycles. The molecule has 0 saturated heterocycles. The second kappa shape index (κ2) is 8.33. The van der Waals surface area contributed by atoms with E-state index < -0.39 is 0 Å². The molecule has 3 heteroatoms. The fraction of sp³-hybridized carbons (Fsp3) is 0.357.